The van der Waals surface area contributed by atoms with Gasteiger partial charge in [0, 0.05) is 18.7 Å². The van der Waals surface area contributed by atoms with Gasteiger partial charge >= 0.3 is 0 Å². The monoisotopic (exact) mass is 331 g/mol. The molecule has 6 nitrogen and oxygen atoms in total. The van der Waals surface area contributed by atoms with Gasteiger partial charge in [-0.25, -0.2) is 0 Å². The number of likely N-dealkylation sites (tertiary alicyclic amines) is 2. The number of amides is 2. The molecule has 1 aromatic rings. The largest absolute Gasteiger partial charge is 0.389 e. The minimum absolute atomic E-state index is 0.0729. The molecule has 0 spiro atoms. The molecular weight excluding hydrogens is 306 g/mol. The van der Waals surface area contributed by atoms with Crippen LogP contribution in [0.4, 0.5) is 0 Å². The van der Waals surface area contributed by atoms with E-state index >= 15 is 0 Å². The minimum Gasteiger partial charge on any atom is -0.389 e. The van der Waals surface area contributed by atoms with Crippen molar-refractivity contribution < 1.29 is 14.7 Å². The lowest BCUT2D eigenvalue weighted by Crippen LogP contribution is -2.56. The maximum absolute atomic E-state index is 12.3. The standard InChI is InChI=1S/C18H25N3O3/c22-16-12-21(17(23)13-20-9-4-5-10-20)11-8-15(16)19-18(24)14-6-2-1-3-7-14/h1-3,6-7,15-16,22H,4-5,8-13H2,(H,19,24)/t15-,16-/m1/s1. The lowest BCUT2D eigenvalue weighted by atomic mass is 10.0. The molecule has 2 aliphatic rings. The van der Waals surface area contributed by atoms with Crippen molar-refractivity contribution in [3.05, 3.63) is 35.9 Å². The SMILES string of the molecule is O=C(N[C@@H]1CCN(C(=O)CN2CCCC2)C[C@H]1O)c1ccccc1. The molecule has 0 aromatic heterocycles. The highest BCUT2D eigenvalue weighted by molar-refractivity contribution is 5.94. The van der Waals surface area contributed by atoms with E-state index in [2.05, 4.69) is 10.2 Å². The summed E-state index contributed by atoms with van der Waals surface area (Å²) >= 11 is 0. The van der Waals surface area contributed by atoms with Crippen molar-refractivity contribution in [3.63, 3.8) is 0 Å². The van der Waals surface area contributed by atoms with Crippen LogP contribution in [-0.4, -0.2) is 71.6 Å². The normalized spacial score (nSPS) is 24.8. The summed E-state index contributed by atoms with van der Waals surface area (Å²) in [6, 6.07) is 8.66. The Morgan fingerprint density at radius 2 is 1.83 bits per heavy atom. The second-order valence-electron chi connectivity index (χ2n) is 6.63. The molecule has 2 fully saturated rings. The minimum atomic E-state index is -0.728. The highest BCUT2D eigenvalue weighted by atomic mass is 16.3. The van der Waals surface area contributed by atoms with E-state index in [0.29, 0.717) is 25.1 Å². The predicted molar refractivity (Wildman–Crippen MR) is 90.6 cm³/mol. The van der Waals surface area contributed by atoms with Gasteiger partial charge in [0.15, 0.2) is 0 Å². The Bertz CT molecular complexity index is 572. The van der Waals surface area contributed by atoms with Gasteiger partial charge in [0.25, 0.3) is 5.91 Å². The molecule has 130 valence electrons. The third-order valence-electron chi connectivity index (χ3n) is 4.84. The Hall–Kier alpha value is -1.92. The summed E-state index contributed by atoms with van der Waals surface area (Å²) in [4.78, 5) is 28.4. The van der Waals surface area contributed by atoms with Crippen LogP contribution in [0, 0.1) is 0 Å². The molecule has 2 aliphatic heterocycles. The first kappa shape index (κ1) is 16.9. The van der Waals surface area contributed by atoms with Crippen molar-refractivity contribution in [1.29, 1.82) is 0 Å². The van der Waals surface area contributed by atoms with Gasteiger partial charge in [0.2, 0.25) is 5.91 Å². The summed E-state index contributed by atoms with van der Waals surface area (Å²) in [5, 5.41) is 13.2. The molecule has 0 radical (unpaired) electrons. The second-order valence-corrected chi connectivity index (χ2v) is 6.63. The van der Waals surface area contributed by atoms with Crippen molar-refractivity contribution >= 4 is 11.8 Å². The average Bonchev–Trinajstić information content (AvgIpc) is 3.10. The van der Waals surface area contributed by atoms with Crippen molar-refractivity contribution in [3.8, 4) is 0 Å². The van der Waals surface area contributed by atoms with E-state index in [1.54, 1.807) is 17.0 Å². The summed E-state index contributed by atoms with van der Waals surface area (Å²) in [5.74, 6) is -0.111. The van der Waals surface area contributed by atoms with Crippen molar-refractivity contribution in [2.45, 2.75) is 31.4 Å². The van der Waals surface area contributed by atoms with Crippen LogP contribution in [0.2, 0.25) is 0 Å². The van der Waals surface area contributed by atoms with Crippen LogP contribution in [0.25, 0.3) is 0 Å². The van der Waals surface area contributed by atoms with Gasteiger partial charge in [-0.3, -0.25) is 14.5 Å². The van der Waals surface area contributed by atoms with Crippen LogP contribution in [-0.2, 0) is 4.79 Å². The van der Waals surface area contributed by atoms with Crippen LogP contribution < -0.4 is 5.32 Å². The topological polar surface area (TPSA) is 72.9 Å². The van der Waals surface area contributed by atoms with Crippen LogP contribution in [0.3, 0.4) is 0 Å². The van der Waals surface area contributed by atoms with Gasteiger partial charge in [0.05, 0.1) is 18.7 Å². The molecule has 2 amide bonds. The fraction of sp³-hybridized carbons (Fsp3) is 0.556. The van der Waals surface area contributed by atoms with Gasteiger partial charge in [-0.2, -0.15) is 0 Å². The summed E-state index contributed by atoms with van der Waals surface area (Å²) in [7, 11) is 0. The Balaban J connectivity index is 1.49. The van der Waals surface area contributed by atoms with E-state index in [-0.39, 0.29) is 24.4 Å². The zero-order valence-corrected chi connectivity index (χ0v) is 13.9. The number of β-amino-alcohol motifs (C(OH)–C–C–N with tert-alkyl or cyclic N) is 1. The number of aliphatic hydroxyl groups is 1. The van der Waals surface area contributed by atoms with E-state index < -0.39 is 6.10 Å². The molecule has 2 atom stereocenters. The number of benzene rings is 1. The van der Waals surface area contributed by atoms with Gasteiger partial charge in [-0.05, 0) is 44.5 Å². The lowest BCUT2D eigenvalue weighted by Gasteiger charge is -2.37. The predicted octanol–water partition coefficient (Wildman–Crippen LogP) is 0.474. The van der Waals surface area contributed by atoms with Crippen LogP contribution in [0.1, 0.15) is 29.6 Å². The Morgan fingerprint density at radius 1 is 1.12 bits per heavy atom. The molecule has 6 heteroatoms. The highest BCUT2D eigenvalue weighted by Crippen LogP contribution is 2.14. The second kappa shape index (κ2) is 7.77. The first-order valence-corrected chi connectivity index (χ1v) is 8.67. The zero-order chi connectivity index (χ0) is 16.9. The Morgan fingerprint density at radius 3 is 2.50 bits per heavy atom. The number of hydrogen-bond acceptors (Lipinski definition) is 4. The van der Waals surface area contributed by atoms with Gasteiger partial charge in [-0.1, -0.05) is 18.2 Å². The fourth-order valence-electron chi connectivity index (χ4n) is 3.40. The van der Waals surface area contributed by atoms with Crippen LogP contribution >= 0.6 is 0 Å². The van der Waals surface area contributed by atoms with E-state index in [1.165, 1.54) is 0 Å². The van der Waals surface area contributed by atoms with Gasteiger partial charge in [-0.15, -0.1) is 0 Å². The number of hydrogen-bond donors (Lipinski definition) is 2. The molecule has 1 aromatic carbocycles. The number of rotatable bonds is 4. The lowest BCUT2D eigenvalue weighted by molar-refractivity contribution is -0.135. The molecule has 2 saturated heterocycles. The van der Waals surface area contributed by atoms with Crippen LogP contribution in [0.15, 0.2) is 30.3 Å². The van der Waals surface area contributed by atoms with Gasteiger partial charge in [0.1, 0.15) is 0 Å². The maximum atomic E-state index is 12.3. The molecule has 3 rings (SSSR count). The molecule has 2 N–H and O–H groups in total. The number of carbonyl (C=O) groups excluding carboxylic acids is 2. The van der Waals surface area contributed by atoms with E-state index in [1.807, 2.05) is 18.2 Å². The highest BCUT2D eigenvalue weighted by Gasteiger charge is 2.32. The van der Waals surface area contributed by atoms with Crippen molar-refractivity contribution in [2.24, 2.45) is 0 Å². The smallest absolute Gasteiger partial charge is 0.251 e. The Labute approximate surface area is 142 Å². The quantitative estimate of drug-likeness (QED) is 0.841. The zero-order valence-electron chi connectivity index (χ0n) is 13.9. The summed E-state index contributed by atoms with van der Waals surface area (Å²) in [6.45, 7) is 3.26. The molecule has 24 heavy (non-hydrogen) atoms. The van der Waals surface area contributed by atoms with E-state index in [4.69, 9.17) is 0 Å². The molecular formula is C18H25N3O3. The fourth-order valence-corrected chi connectivity index (χ4v) is 3.40. The van der Waals surface area contributed by atoms with Crippen molar-refractivity contribution in [1.82, 2.24) is 15.1 Å². The summed E-state index contributed by atoms with van der Waals surface area (Å²) in [5.41, 5.74) is 0.581. The summed E-state index contributed by atoms with van der Waals surface area (Å²) in [6.07, 6.45) is 2.16. The number of carbonyl (C=O) groups is 2. The maximum Gasteiger partial charge on any atom is 0.251 e. The molecule has 0 aliphatic carbocycles. The molecule has 0 saturated carbocycles. The van der Waals surface area contributed by atoms with E-state index in [9.17, 15) is 14.7 Å². The number of piperidine rings is 1. The first-order valence-electron chi connectivity index (χ1n) is 8.67. The first-order chi connectivity index (χ1) is 11.6. The average molecular weight is 331 g/mol. The molecule has 2 heterocycles. The van der Waals surface area contributed by atoms with E-state index in [0.717, 1.165) is 25.9 Å². The summed E-state index contributed by atoms with van der Waals surface area (Å²) < 4.78 is 0. The Kier molecular flexibility index (Phi) is 5.48. The number of aliphatic hydroxyl groups excluding tert-OH is 1. The van der Waals surface area contributed by atoms with Gasteiger partial charge < -0.3 is 15.3 Å². The molecule has 0 unspecified atom stereocenters. The number of nitrogens with zero attached hydrogens (tertiary/aromatic N) is 2. The molecule has 0 bridgehead atoms. The third kappa shape index (κ3) is 4.13. The number of nitrogens with one attached hydrogen (secondary N) is 1. The van der Waals surface area contributed by atoms with Crippen LogP contribution in [0.5, 0.6) is 0 Å². The van der Waals surface area contributed by atoms with Crippen molar-refractivity contribution in [2.75, 3.05) is 32.7 Å². The third-order valence-corrected chi connectivity index (χ3v) is 4.84.